The summed E-state index contributed by atoms with van der Waals surface area (Å²) in [6.45, 7) is 1.84. The second-order valence-corrected chi connectivity index (χ2v) is 5.58. The van der Waals surface area contributed by atoms with Crippen molar-refractivity contribution in [1.82, 2.24) is 10.8 Å². The average Bonchev–Trinajstić information content (AvgIpc) is 2.67. The highest BCUT2D eigenvalue weighted by Gasteiger charge is 2.14. The molecule has 26 heavy (non-hydrogen) atoms. The molecule has 0 bridgehead atoms. The Kier molecular flexibility index (Phi) is 7.39. The summed E-state index contributed by atoms with van der Waals surface area (Å²) in [5.74, 6) is -0.0500. The van der Waals surface area contributed by atoms with Crippen LogP contribution in [0.1, 0.15) is 18.1 Å². The molecule has 0 fully saturated rings. The van der Waals surface area contributed by atoms with Crippen molar-refractivity contribution < 1.29 is 19.2 Å². The molecule has 2 amide bonds. The molecular formula is C20H22N2O4. The van der Waals surface area contributed by atoms with Gasteiger partial charge < -0.3 is 10.1 Å². The largest absolute Gasteiger partial charge is 0.497 e. The third-order valence-electron chi connectivity index (χ3n) is 3.55. The fourth-order valence-electron chi connectivity index (χ4n) is 2.07. The van der Waals surface area contributed by atoms with Crippen molar-refractivity contribution in [1.29, 1.82) is 0 Å². The molecule has 0 aliphatic heterocycles. The van der Waals surface area contributed by atoms with Crippen molar-refractivity contribution in [3.05, 3.63) is 71.8 Å². The fraction of sp³-hybridized carbons (Fsp3) is 0.200. The van der Waals surface area contributed by atoms with Gasteiger partial charge in [0.25, 0.3) is 5.91 Å². The van der Waals surface area contributed by atoms with Crippen LogP contribution in [0.25, 0.3) is 6.08 Å². The van der Waals surface area contributed by atoms with Crippen molar-refractivity contribution in [2.75, 3.05) is 7.11 Å². The van der Waals surface area contributed by atoms with Crippen LogP contribution in [0.3, 0.4) is 0 Å². The van der Waals surface area contributed by atoms with E-state index in [9.17, 15) is 9.59 Å². The predicted octanol–water partition coefficient (Wildman–Crippen LogP) is 2.46. The van der Waals surface area contributed by atoms with E-state index in [1.165, 1.54) is 6.08 Å². The minimum Gasteiger partial charge on any atom is -0.497 e. The van der Waals surface area contributed by atoms with Gasteiger partial charge in [-0.1, -0.05) is 42.5 Å². The summed E-state index contributed by atoms with van der Waals surface area (Å²) in [5, 5.41) is 2.58. The number of methoxy groups -OCH3 is 1. The van der Waals surface area contributed by atoms with E-state index in [1.54, 1.807) is 32.2 Å². The highest BCUT2D eigenvalue weighted by molar-refractivity contribution is 5.95. The minimum atomic E-state index is -0.723. The monoisotopic (exact) mass is 354 g/mol. The van der Waals surface area contributed by atoms with Gasteiger partial charge >= 0.3 is 0 Å². The van der Waals surface area contributed by atoms with E-state index in [0.717, 1.165) is 16.9 Å². The molecule has 1 unspecified atom stereocenters. The van der Waals surface area contributed by atoms with Crippen molar-refractivity contribution in [3.63, 3.8) is 0 Å². The maximum absolute atomic E-state index is 11.9. The third kappa shape index (κ3) is 6.41. The summed E-state index contributed by atoms with van der Waals surface area (Å²) in [6, 6.07) is 16.0. The Morgan fingerprint density at radius 1 is 1.08 bits per heavy atom. The number of hydroxylamine groups is 1. The molecule has 2 N–H and O–H groups in total. The molecule has 0 saturated carbocycles. The van der Waals surface area contributed by atoms with Crippen LogP contribution in [-0.4, -0.2) is 25.0 Å². The molecule has 6 nitrogen and oxygen atoms in total. The number of carbonyl (C=O) groups excluding carboxylic acids is 2. The van der Waals surface area contributed by atoms with Gasteiger partial charge in [0.1, 0.15) is 11.8 Å². The van der Waals surface area contributed by atoms with Gasteiger partial charge in [0, 0.05) is 6.08 Å². The smallest absolute Gasteiger partial charge is 0.265 e. The molecule has 0 aromatic heterocycles. The Hall–Kier alpha value is -3.12. The van der Waals surface area contributed by atoms with E-state index in [2.05, 4.69) is 10.8 Å². The highest BCUT2D eigenvalue weighted by Crippen LogP contribution is 2.12. The van der Waals surface area contributed by atoms with Crippen LogP contribution >= 0.6 is 0 Å². The molecule has 0 aliphatic carbocycles. The van der Waals surface area contributed by atoms with Gasteiger partial charge in [0.2, 0.25) is 5.91 Å². The number of hydrogen-bond donors (Lipinski definition) is 2. The van der Waals surface area contributed by atoms with Crippen molar-refractivity contribution in [2.24, 2.45) is 0 Å². The quantitative estimate of drug-likeness (QED) is 0.564. The molecule has 0 spiro atoms. The van der Waals surface area contributed by atoms with Gasteiger partial charge in [-0.2, -0.15) is 0 Å². The molecule has 0 saturated heterocycles. The summed E-state index contributed by atoms with van der Waals surface area (Å²) in [6.07, 6.45) is 3.03. The van der Waals surface area contributed by atoms with E-state index in [0.29, 0.717) is 0 Å². The number of amides is 2. The molecule has 0 heterocycles. The number of ether oxygens (including phenoxy) is 1. The zero-order valence-electron chi connectivity index (χ0n) is 14.8. The lowest BCUT2D eigenvalue weighted by molar-refractivity contribution is -0.138. The second kappa shape index (κ2) is 10.0. The van der Waals surface area contributed by atoms with Crippen LogP contribution in [0.2, 0.25) is 0 Å². The van der Waals surface area contributed by atoms with Gasteiger partial charge in [-0.05, 0) is 36.3 Å². The summed E-state index contributed by atoms with van der Waals surface area (Å²) in [4.78, 5) is 29.0. The maximum Gasteiger partial charge on any atom is 0.265 e. The second-order valence-electron chi connectivity index (χ2n) is 5.58. The molecule has 2 aromatic carbocycles. The number of rotatable bonds is 8. The van der Waals surface area contributed by atoms with Gasteiger partial charge in [0.15, 0.2) is 0 Å². The normalized spacial score (nSPS) is 11.8. The van der Waals surface area contributed by atoms with Crippen LogP contribution in [0.5, 0.6) is 5.75 Å². The first-order valence-electron chi connectivity index (χ1n) is 8.16. The minimum absolute atomic E-state index is 0.255. The molecule has 136 valence electrons. The lowest BCUT2D eigenvalue weighted by atomic mass is 10.2. The van der Waals surface area contributed by atoms with Crippen LogP contribution in [0.4, 0.5) is 0 Å². The lowest BCUT2D eigenvalue weighted by Crippen LogP contribution is -2.44. The van der Waals surface area contributed by atoms with Crippen LogP contribution in [0.15, 0.2) is 60.7 Å². The lowest BCUT2D eigenvalue weighted by Gasteiger charge is -2.12. The number of benzene rings is 2. The Balaban J connectivity index is 1.74. The molecule has 2 aromatic rings. The zero-order chi connectivity index (χ0) is 18.8. The van der Waals surface area contributed by atoms with E-state index in [-0.39, 0.29) is 12.5 Å². The molecule has 2 rings (SSSR count). The average molecular weight is 354 g/mol. The van der Waals surface area contributed by atoms with E-state index >= 15 is 0 Å². The SMILES string of the molecule is COc1ccc(C=CC(=O)NC(C)C(=O)NOCc2ccccc2)cc1. The van der Waals surface area contributed by atoms with E-state index in [1.807, 2.05) is 42.5 Å². The topological polar surface area (TPSA) is 76.7 Å². The summed E-state index contributed by atoms with van der Waals surface area (Å²) in [7, 11) is 1.59. The molecular weight excluding hydrogens is 332 g/mol. The molecule has 0 radical (unpaired) electrons. The number of carbonyl (C=O) groups is 2. The van der Waals surface area contributed by atoms with Crippen molar-refractivity contribution >= 4 is 17.9 Å². The standard InChI is InChI=1S/C20H22N2O4/c1-15(20(24)22-26-14-17-6-4-3-5-7-17)21-19(23)13-10-16-8-11-18(25-2)12-9-16/h3-13,15H,14H2,1-2H3,(H,21,23)(H,22,24). The van der Waals surface area contributed by atoms with Crippen molar-refractivity contribution in [2.45, 2.75) is 19.6 Å². The van der Waals surface area contributed by atoms with Crippen LogP contribution in [-0.2, 0) is 21.0 Å². The first-order chi connectivity index (χ1) is 12.6. The van der Waals surface area contributed by atoms with Gasteiger partial charge in [-0.3, -0.25) is 14.4 Å². The molecule has 0 aliphatic rings. The number of nitrogens with one attached hydrogen (secondary N) is 2. The first kappa shape index (κ1) is 19.2. The van der Waals surface area contributed by atoms with Crippen molar-refractivity contribution in [3.8, 4) is 5.75 Å². The Labute approximate surface area is 152 Å². The Bertz CT molecular complexity index is 742. The molecule has 1 atom stereocenters. The number of hydrogen-bond acceptors (Lipinski definition) is 4. The van der Waals surface area contributed by atoms with Crippen LogP contribution in [0, 0.1) is 0 Å². The van der Waals surface area contributed by atoms with Gasteiger partial charge in [-0.25, -0.2) is 5.48 Å². The van der Waals surface area contributed by atoms with E-state index in [4.69, 9.17) is 9.57 Å². The third-order valence-corrected chi connectivity index (χ3v) is 3.55. The van der Waals surface area contributed by atoms with Crippen LogP contribution < -0.4 is 15.5 Å². The predicted molar refractivity (Wildman–Crippen MR) is 99.0 cm³/mol. The highest BCUT2D eigenvalue weighted by atomic mass is 16.6. The fourth-order valence-corrected chi connectivity index (χ4v) is 2.07. The first-order valence-corrected chi connectivity index (χ1v) is 8.16. The zero-order valence-corrected chi connectivity index (χ0v) is 14.8. The summed E-state index contributed by atoms with van der Waals surface area (Å²) < 4.78 is 5.07. The Morgan fingerprint density at radius 3 is 2.42 bits per heavy atom. The van der Waals surface area contributed by atoms with E-state index < -0.39 is 11.9 Å². The summed E-state index contributed by atoms with van der Waals surface area (Å²) >= 11 is 0. The van der Waals surface area contributed by atoms with Gasteiger partial charge in [-0.15, -0.1) is 0 Å². The Morgan fingerprint density at radius 2 is 1.77 bits per heavy atom. The maximum atomic E-state index is 11.9. The van der Waals surface area contributed by atoms with Gasteiger partial charge in [0.05, 0.1) is 13.7 Å². The molecule has 6 heteroatoms. The summed E-state index contributed by atoms with van der Waals surface area (Å²) in [5.41, 5.74) is 4.12.